The van der Waals surface area contributed by atoms with Crippen LogP contribution in [0.1, 0.15) is 0 Å². The van der Waals surface area contributed by atoms with Crippen LogP contribution in [0, 0.1) is 0 Å². The van der Waals surface area contributed by atoms with E-state index in [1.165, 1.54) is 11.8 Å². The summed E-state index contributed by atoms with van der Waals surface area (Å²) in [5, 5.41) is 2.52. The largest absolute Gasteiger partial charge is 0.331 e. The van der Waals surface area contributed by atoms with Crippen LogP contribution in [-0.2, 0) is 4.79 Å². The van der Waals surface area contributed by atoms with Crippen LogP contribution in [0.3, 0.4) is 0 Å². The van der Waals surface area contributed by atoms with Crippen LogP contribution in [0.2, 0.25) is 0 Å². The number of amides is 1. The molecule has 0 unspecified atom stereocenters. The maximum absolute atomic E-state index is 10.2. The molecule has 7 heavy (non-hydrogen) atoms. The van der Waals surface area contributed by atoms with Crippen molar-refractivity contribution in [1.82, 2.24) is 5.32 Å². The molecule has 0 bridgehead atoms. The van der Waals surface area contributed by atoms with E-state index in [1.807, 2.05) is 0 Å². The van der Waals surface area contributed by atoms with Crippen LogP contribution in [0.4, 0.5) is 0 Å². The highest BCUT2D eigenvalue weighted by Gasteiger charge is 2.15. The van der Waals surface area contributed by atoms with E-state index in [2.05, 4.69) is 5.32 Å². The molecule has 0 spiro atoms. The lowest BCUT2D eigenvalue weighted by Gasteiger charge is -1.95. The van der Waals surface area contributed by atoms with Gasteiger partial charge in [0.1, 0.15) is 5.50 Å². The number of hydrogen-bond acceptors (Lipinski definition) is 3. The Balaban J connectivity index is 2.40. The lowest BCUT2D eigenvalue weighted by atomic mass is 10.7. The van der Waals surface area contributed by atoms with Crippen LogP contribution in [-0.4, -0.2) is 17.2 Å². The van der Waals surface area contributed by atoms with Gasteiger partial charge in [-0.05, 0) is 0 Å². The van der Waals surface area contributed by atoms with Crippen molar-refractivity contribution >= 4 is 17.7 Å². The maximum atomic E-state index is 10.2. The Morgan fingerprint density at radius 3 is 2.86 bits per heavy atom. The highest BCUT2D eigenvalue weighted by atomic mass is 32.2. The molecule has 4 heteroatoms. The van der Waals surface area contributed by atoms with E-state index >= 15 is 0 Å². The first kappa shape index (κ1) is 4.93. The van der Waals surface area contributed by atoms with Gasteiger partial charge in [0.15, 0.2) is 0 Å². The third-order valence-corrected chi connectivity index (χ3v) is 1.60. The third kappa shape index (κ3) is 1.07. The standard InChI is InChI=1S/C3H6N2OS/c4-3-5-2(6)1-7-3/h3H,1,4H2,(H,5,6)/t3-/m0/s1. The summed E-state index contributed by atoms with van der Waals surface area (Å²) < 4.78 is 0. The number of hydrogen-bond donors (Lipinski definition) is 2. The minimum atomic E-state index is -0.160. The van der Waals surface area contributed by atoms with Gasteiger partial charge >= 0.3 is 0 Å². The van der Waals surface area contributed by atoms with Gasteiger partial charge in [-0.15, -0.1) is 11.8 Å². The summed E-state index contributed by atoms with van der Waals surface area (Å²) in [5.74, 6) is 0.554. The van der Waals surface area contributed by atoms with Gasteiger partial charge in [0, 0.05) is 0 Å². The Kier molecular flexibility index (Phi) is 1.21. The highest BCUT2D eigenvalue weighted by molar-refractivity contribution is 8.00. The van der Waals surface area contributed by atoms with E-state index < -0.39 is 0 Å². The van der Waals surface area contributed by atoms with Gasteiger partial charge < -0.3 is 11.1 Å². The molecule has 1 rings (SSSR count). The Bertz CT molecular complexity index is 94.9. The van der Waals surface area contributed by atoms with E-state index in [-0.39, 0.29) is 11.4 Å². The van der Waals surface area contributed by atoms with Gasteiger partial charge in [0.25, 0.3) is 0 Å². The zero-order valence-corrected chi connectivity index (χ0v) is 4.49. The van der Waals surface area contributed by atoms with E-state index in [1.54, 1.807) is 0 Å². The SMILES string of the molecule is N[C@H]1NC(=O)CS1. The van der Waals surface area contributed by atoms with Gasteiger partial charge in [-0.25, -0.2) is 0 Å². The summed E-state index contributed by atoms with van der Waals surface area (Å²) >= 11 is 1.42. The molecule has 40 valence electrons. The van der Waals surface area contributed by atoms with Gasteiger partial charge in [-0.3, -0.25) is 4.79 Å². The fourth-order valence-corrected chi connectivity index (χ4v) is 1.04. The molecular weight excluding hydrogens is 112 g/mol. The number of rotatable bonds is 0. The quantitative estimate of drug-likeness (QED) is 0.433. The highest BCUT2D eigenvalue weighted by Crippen LogP contribution is 2.07. The van der Waals surface area contributed by atoms with E-state index in [0.29, 0.717) is 5.75 Å². The van der Waals surface area contributed by atoms with Gasteiger partial charge in [-0.2, -0.15) is 0 Å². The summed E-state index contributed by atoms with van der Waals surface area (Å²) in [4.78, 5) is 10.2. The first-order valence-electron chi connectivity index (χ1n) is 1.95. The summed E-state index contributed by atoms with van der Waals surface area (Å²) in [6.45, 7) is 0. The summed E-state index contributed by atoms with van der Waals surface area (Å²) in [7, 11) is 0. The van der Waals surface area contributed by atoms with E-state index in [4.69, 9.17) is 5.73 Å². The van der Waals surface area contributed by atoms with Crippen molar-refractivity contribution in [3.05, 3.63) is 0 Å². The topological polar surface area (TPSA) is 55.1 Å². The second-order valence-electron chi connectivity index (χ2n) is 1.30. The molecule has 3 N–H and O–H groups in total. The monoisotopic (exact) mass is 118 g/mol. The van der Waals surface area contributed by atoms with Crippen LogP contribution in [0.5, 0.6) is 0 Å². The molecule has 0 aromatic heterocycles. The number of carbonyl (C=O) groups is 1. The fourth-order valence-electron chi connectivity index (χ4n) is 0.407. The van der Waals surface area contributed by atoms with Gasteiger partial charge in [0.2, 0.25) is 5.91 Å². The first-order chi connectivity index (χ1) is 3.29. The predicted octanol–water partition coefficient (Wildman–Crippen LogP) is -0.908. The minimum absolute atomic E-state index is 0.0394. The molecule has 1 aliphatic rings. The number of nitrogens with one attached hydrogen (secondary N) is 1. The Morgan fingerprint density at radius 2 is 2.71 bits per heavy atom. The molecule has 0 aliphatic carbocycles. The Labute approximate surface area is 45.6 Å². The molecular formula is C3H6N2OS. The van der Waals surface area contributed by atoms with Crippen LogP contribution in [0.15, 0.2) is 0 Å². The smallest absolute Gasteiger partial charge is 0.231 e. The predicted molar refractivity (Wildman–Crippen MR) is 28.6 cm³/mol. The van der Waals surface area contributed by atoms with Crippen molar-refractivity contribution in [2.75, 3.05) is 5.75 Å². The molecule has 1 saturated heterocycles. The zero-order valence-electron chi connectivity index (χ0n) is 3.68. The molecule has 0 saturated carbocycles. The summed E-state index contributed by atoms with van der Waals surface area (Å²) in [6.07, 6.45) is 0. The summed E-state index contributed by atoms with van der Waals surface area (Å²) in [5.41, 5.74) is 5.10. The second kappa shape index (κ2) is 1.71. The zero-order chi connectivity index (χ0) is 5.28. The Hall–Kier alpha value is -0.220. The number of carbonyl (C=O) groups excluding carboxylic acids is 1. The van der Waals surface area contributed by atoms with E-state index in [0.717, 1.165) is 0 Å². The Morgan fingerprint density at radius 1 is 2.00 bits per heavy atom. The van der Waals surface area contributed by atoms with Crippen LogP contribution >= 0.6 is 11.8 Å². The van der Waals surface area contributed by atoms with Crippen LogP contribution in [0.25, 0.3) is 0 Å². The molecule has 1 heterocycles. The van der Waals surface area contributed by atoms with Crippen molar-refractivity contribution in [1.29, 1.82) is 0 Å². The normalized spacial score (nSPS) is 30.4. The van der Waals surface area contributed by atoms with Crippen LogP contribution < -0.4 is 11.1 Å². The van der Waals surface area contributed by atoms with Gasteiger partial charge in [-0.1, -0.05) is 0 Å². The van der Waals surface area contributed by atoms with Crippen molar-refractivity contribution < 1.29 is 4.79 Å². The number of nitrogens with two attached hydrogens (primary N) is 1. The molecule has 0 radical (unpaired) electrons. The minimum Gasteiger partial charge on any atom is -0.331 e. The van der Waals surface area contributed by atoms with Crippen molar-refractivity contribution in [2.24, 2.45) is 5.73 Å². The lowest BCUT2D eigenvalue weighted by molar-refractivity contribution is -0.118. The maximum Gasteiger partial charge on any atom is 0.231 e. The number of thioether (sulfide) groups is 1. The molecule has 1 fully saturated rings. The molecule has 0 aromatic rings. The average molecular weight is 118 g/mol. The molecule has 1 amide bonds. The second-order valence-corrected chi connectivity index (χ2v) is 2.43. The first-order valence-corrected chi connectivity index (χ1v) is 3.00. The van der Waals surface area contributed by atoms with E-state index in [9.17, 15) is 4.79 Å². The molecule has 1 atom stereocenters. The van der Waals surface area contributed by atoms with Crippen molar-refractivity contribution in [3.63, 3.8) is 0 Å². The third-order valence-electron chi connectivity index (χ3n) is 0.697. The summed E-state index contributed by atoms with van der Waals surface area (Å²) in [6, 6.07) is 0. The molecule has 1 aliphatic heterocycles. The van der Waals surface area contributed by atoms with Gasteiger partial charge in [0.05, 0.1) is 5.75 Å². The average Bonchev–Trinajstić information content (AvgIpc) is 1.87. The van der Waals surface area contributed by atoms with Crippen molar-refractivity contribution in [2.45, 2.75) is 5.50 Å². The van der Waals surface area contributed by atoms with Crippen molar-refractivity contribution in [3.8, 4) is 0 Å². The molecule has 0 aromatic carbocycles. The fraction of sp³-hybridized carbons (Fsp3) is 0.667. The lowest BCUT2D eigenvalue weighted by Crippen LogP contribution is -2.31. The molecule has 3 nitrogen and oxygen atoms in total.